The zero-order valence-corrected chi connectivity index (χ0v) is 31.9. The van der Waals surface area contributed by atoms with Crippen LogP contribution in [0.15, 0.2) is 188 Å². The number of allylic oxidation sites excluding steroid dienone is 1. The molecular weight excluding hydrogens is 697 g/mol. The van der Waals surface area contributed by atoms with Gasteiger partial charge in [-0.3, -0.25) is 0 Å². The van der Waals surface area contributed by atoms with Crippen molar-refractivity contribution < 1.29 is 0 Å². The van der Waals surface area contributed by atoms with Crippen LogP contribution in [0.4, 0.5) is 0 Å². The smallest absolute Gasteiger partial charge is 0.000708 e. The average molecular weight is 733 g/mol. The Balaban J connectivity index is 1.33. The fraction of sp³-hybridized carbons (Fsp3) is 0.0345. The number of aryl methyl sites for hydroxylation is 1. The molecule has 13 rings (SSSR count). The van der Waals surface area contributed by atoms with Crippen LogP contribution in [0.3, 0.4) is 0 Å². The third kappa shape index (κ3) is 4.35. The lowest BCUT2D eigenvalue weighted by Crippen LogP contribution is -1.96. The van der Waals surface area contributed by atoms with Gasteiger partial charge in [0.15, 0.2) is 0 Å². The summed E-state index contributed by atoms with van der Waals surface area (Å²) < 4.78 is 0. The summed E-state index contributed by atoms with van der Waals surface area (Å²) in [6, 6.07) is 68.4. The van der Waals surface area contributed by atoms with Crippen LogP contribution in [0.1, 0.15) is 17.5 Å². The molecule has 0 aliphatic heterocycles. The minimum atomic E-state index is 1.04. The van der Waals surface area contributed by atoms with E-state index in [9.17, 15) is 0 Å². The van der Waals surface area contributed by atoms with Crippen LogP contribution in [-0.4, -0.2) is 0 Å². The van der Waals surface area contributed by atoms with Crippen molar-refractivity contribution >= 4 is 81.5 Å². The number of benzene rings is 10. The second-order valence-electron chi connectivity index (χ2n) is 16.1. The third-order valence-electron chi connectivity index (χ3n) is 13.2. The fourth-order valence-corrected chi connectivity index (χ4v) is 10.8. The van der Waals surface area contributed by atoms with Gasteiger partial charge in [-0.05, 0) is 168 Å². The number of fused-ring (bicyclic) bond motifs is 10. The van der Waals surface area contributed by atoms with Gasteiger partial charge in [0.05, 0.1) is 0 Å². The third-order valence-corrected chi connectivity index (χ3v) is 13.2. The predicted octanol–water partition coefficient (Wildman–Crippen LogP) is 16.3. The van der Waals surface area contributed by atoms with Crippen LogP contribution < -0.4 is 0 Å². The van der Waals surface area contributed by atoms with E-state index in [1.54, 1.807) is 0 Å². The first-order valence-corrected chi connectivity index (χ1v) is 20.6. The van der Waals surface area contributed by atoms with E-state index in [2.05, 4.69) is 194 Å². The Labute approximate surface area is 336 Å². The molecule has 0 heteroatoms. The highest BCUT2D eigenvalue weighted by atomic mass is 14.3. The second-order valence-corrected chi connectivity index (χ2v) is 16.1. The van der Waals surface area contributed by atoms with Crippen molar-refractivity contribution in [2.45, 2.75) is 12.8 Å². The monoisotopic (exact) mass is 732 g/mol. The molecule has 0 fully saturated rings. The van der Waals surface area contributed by atoms with Crippen LogP contribution in [0.2, 0.25) is 0 Å². The van der Waals surface area contributed by atoms with Crippen LogP contribution >= 0.6 is 0 Å². The Hall–Kier alpha value is -7.28. The van der Waals surface area contributed by atoms with Gasteiger partial charge in [0.1, 0.15) is 0 Å². The van der Waals surface area contributed by atoms with E-state index in [1.807, 2.05) is 0 Å². The highest BCUT2D eigenvalue weighted by Crippen LogP contribution is 2.56. The highest BCUT2D eigenvalue weighted by molar-refractivity contribution is 6.45. The molecular formula is C58H36. The first-order valence-electron chi connectivity index (χ1n) is 20.6. The molecule has 0 spiro atoms. The number of rotatable bonds is 4. The van der Waals surface area contributed by atoms with Gasteiger partial charge in [0.25, 0.3) is 0 Å². The van der Waals surface area contributed by atoms with E-state index in [-0.39, 0.29) is 0 Å². The van der Waals surface area contributed by atoms with Gasteiger partial charge in [0.2, 0.25) is 0 Å². The summed E-state index contributed by atoms with van der Waals surface area (Å²) in [7, 11) is 0. The molecule has 0 saturated carbocycles. The molecule has 1 aliphatic carbocycles. The molecule has 0 unspecified atom stereocenters. The summed E-state index contributed by atoms with van der Waals surface area (Å²) in [5, 5.41) is 18.7. The zero-order valence-electron chi connectivity index (χ0n) is 31.9. The molecule has 12 aromatic carbocycles. The summed E-state index contributed by atoms with van der Waals surface area (Å²) in [5.41, 5.74) is 13.0. The van der Waals surface area contributed by atoms with Crippen LogP contribution in [0.5, 0.6) is 0 Å². The summed E-state index contributed by atoms with van der Waals surface area (Å²) in [6.45, 7) is 0. The molecule has 0 saturated heterocycles. The minimum absolute atomic E-state index is 1.04. The normalized spacial score (nSPS) is 13.0. The molecule has 0 heterocycles. The summed E-state index contributed by atoms with van der Waals surface area (Å²) >= 11 is 0. The maximum atomic E-state index is 2.57. The molecule has 0 amide bonds. The van der Waals surface area contributed by atoms with Crippen molar-refractivity contribution in [3.63, 3.8) is 0 Å². The first-order chi connectivity index (χ1) is 28.8. The lowest BCUT2D eigenvalue weighted by Gasteiger charge is -2.19. The highest BCUT2D eigenvalue weighted by Gasteiger charge is 2.28. The van der Waals surface area contributed by atoms with Crippen molar-refractivity contribution in [3.8, 4) is 44.5 Å². The summed E-state index contributed by atoms with van der Waals surface area (Å²) in [4.78, 5) is 0. The fourth-order valence-electron chi connectivity index (χ4n) is 10.8. The van der Waals surface area contributed by atoms with Gasteiger partial charge < -0.3 is 0 Å². The summed E-state index contributed by atoms with van der Waals surface area (Å²) in [5.74, 6) is 0. The molecule has 1 aliphatic rings. The van der Waals surface area contributed by atoms with E-state index in [0.29, 0.717) is 0 Å². The van der Waals surface area contributed by atoms with Gasteiger partial charge in [-0.2, -0.15) is 0 Å². The molecule has 0 aromatic heterocycles. The number of hydrogen-bond acceptors (Lipinski definition) is 0. The molecule has 58 heavy (non-hydrogen) atoms. The van der Waals surface area contributed by atoms with Gasteiger partial charge in [0, 0.05) is 0 Å². The lowest BCUT2D eigenvalue weighted by molar-refractivity contribution is 0.992. The van der Waals surface area contributed by atoms with Crippen molar-refractivity contribution in [2.24, 2.45) is 0 Å². The Morgan fingerprint density at radius 3 is 1.57 bits per heavy atom. The van der Waals surface area contributed by atoms with Gasteiger partial charge >= 0.3 is 0 Å². The Kier molecular flexibility index (Phi) is 6.65. The standard InChI is InChI=1S/C58H36/c1-4-17-35(18-5-1)40-24-12-13-26-42(40)39-32-47-41-25-11-10-23-38(41)31-49-55(47)50(33-39)57-52(36-19-6-2-7-20-36)51-34-48-44-28-15-14-27-43(44)45-29-16-30-46(54(45)48)56(51)53(58(49)57)37-21-8-3-9-22-37/h1-9,11-22,24-34H,10,23H2. The Morgan fingerprint density at radius 2 is 0.828 bits per heavy atom. The number of hydrogen-bond donors (Lipinski definition) is 0. The zero-order chi connectivity index (χ0) is 37.9. The van der Waals surface area contributed by atoms with Crippen LogP contribution in [0.25, 0.3) is 126 Å². The Bertz CT molecular complexity index is 3630. The molecule has 0 radical (unpaired) electrons. The summed E-state index contributed by atoms with van der Waals surface area (Å²) in [6.07, 6.45) is 6.87. The topological polar surface area (TPSA) is 0 Å². The van der Waals surface area contributed by atoms with E-state index in [4.69, 9.17) is 0 Å². The van der Waals surface area contributed by atoms with Crippen molar-refractivity contribution in [1.29, 1.82) is 0 Å². The predicted molar refractivity (Wildman–Crippen MR) is 250 cm³/mol. The average Bonchev–Trinajstić information content (AvgIpc) is 3.79. The quantitative estimate of drug-likeness (QED) is 0.158. The molecule has 0 atom stereocenters. The maximum absolute atomic E-state index is 2.57. The molecule has 0 nitrogen and oxygen atoms in total. The first kappa shape index (κ1) is 31.9. The van der Waals surface area contributed by atoms with E-state index < -0.39 is 0 Å². The van der Waals surface area contributed by atoms with E-state index in [0.717, 1.165) is 12.8 Å². The molecule has 0 N–H and O–H groups in total. The van der Waals surface area contributed by atoms with Gasteiger partial charge in [-0.25, -0.2) is 0 Å². The van der Waals surface area contributed by atoms with Crippen molar-refractivity contribution in [2.75, 3.05) is 0 Å². The molecule has 12 aromatic rings. The Morgan fingerprint density at radius 1 is 0.293 bits per heavy atom. The van der Waals surface area contributed by atoms with Crippen molar-refractivity contribution in [1.82, 2.24) is 0 Å². The second kappa shape index (κ2) is 12.1. The molecule has 268 valence electrons. The molecule has 0 bridgehead atoms. The van der Waals surface area contributed by atoms with E-state index in [1.165, 1.54) is 131 Å². The minimum Gasteiger partial charge on any atom is -0.0836 e. The van der Waals surface area contributed by atoms with Gasteiger partial charge in [-0.1, -0.05) is 170 Å². The largest absolute Gasteiger partial charge is 0.0836 e. The van der Waals surface area contributed by atoms with Crippen molar-refractivity contribution in [3.05, 3.63) is 199 Å². The SMILES string of the molecule is C1=Cc2c(cc3c4c(-c5ccccc5)c5c(cc6c7ccccc7c7cccc5c76)c(-c5ccccc5)c4c4cc(-c5ccccc5-c5ccccc5)cc2c43)CC1. The van der Waals surface area contributed by atoms with E-state index >= 15 is 0 Å². The van der Waals surface area contributed by atoms with Crippen LogP contribution in [0, 0.1) is 0 Å². The van der Waals surface area contributed by atoms with Crippen LogP contribution in [-0.2, 0) is 6.42 Å². The maximum Gasteiger partial charge on any atom is -0.000708 e. The van der Waals surface area contributed by atoms with Gasteiger partial charge in [-0.15, -0.1) is 0 Å². The lowest BCUT2D eigenvalue weighted by atomic mass is 9.83.